The summed E-state index contributed by atoms with van der Waals surface area (Å²) in [6.07, 6.45) is 3.76. The van der Waals surface area contributed by atoms with E-state index in [2.05, 4.69) is 4.72 Å². The van der Waals surface area contributed by atoms with Crippen molar-refractivity contribution < 1.29 is 13.5 Å². The zero-order valence-corrected chi connectivity index (χ0v) is 10.3. The Labute approximate surface area is 96.1 Å². The highest BCUT2D eigenvalue weighted by molar-refractivity contribution is 7.89. The minimum absolute atomic E-state index is 0.0343. The molecule has 0 aromatic heterocycles. The molecule has 1 aliphatic rings. The van der Waals surface area contributed by atoms with E-state index in [0.717, 1.165) is 12.8 Å². The molecule has 1 aliphatic carbocycles. The van der Waals surface area contributed by atoms with E-state index < -0.39 is 15.6 Å². The number of hydrogen-bond acceptors (Lipinski definition) is 3. The number of sulfonamides is 1. The number of nitrogens with one attached hydrogen (secondary N) is 1. The van der Waals surface area contributed by atoms with Crippen LogP contribution in [0.1, 0.15) is 32.1 Å². The van der Waals surface area contributed by atoms with Gasteiger partial charge < -0.3 is 5.11 Å². The zero-order valence-electron chi connectivity index (χ0n) is 8.71. The van der Waals surface area contributed by atoms with Gasteiger partial charge in [0.25, 0.3) is 0 Å². The molecule has 0 aromatic rings. The first-order chi connectivity index (χ1) is 6.97. The Hall–Kier alpha value is 0.160. The standard InChI is InChI=1S/C9H18ClNO3S/c10-6-3-7-15(13,14)11-8-9(12)4-1-2-5-9/h11-12H,1-8H2. The minimum atomic E-state index is -3.26. The molecule has 0 bridgehead atoms. The number of rotatable bonds is 6. The van der Waals surface area contributed by atoms with Gasteiger partial charge in [0, 0.05) is 12.4 Å². The fourth-order valence-electron chi connectivity index (χ4n) is 1.77. The minimum Gasteiger partial charge on any atom is -0.389 e. The fraction of sp³-hybridized carbons (Fsp3) is 1.00. The van der Waals surface area contributed by atoms with Crippen LogP contribution in [0.2, 0.25) is 0 Å². The predicted molar refractivity (Wildman–Crippen MR) is 60.5 cm³/mol. The largest absolute Gasteiger partial charge is 0.389 e. The third-order valence-corrected chi connectivity index (χ3v) is 4.38. The molecule has 0 atom stereocenters. The fourth-order valence-corrected chi connectivity index (χ4v) is 3.22. The van der Waals surface area contributed by atoms with Crippen molar-refractivity contribution in [1.82, 2.24) is 4.72 Å². The normalized spacial score (nSPS) is 20.7. The highest BCUT2D eigenvalue weighted by atomic mass is 35.5. The maximum atomic E-state index is 11.4. The summed E-state index contributed by atoms with van der Waals surface area (Å²) in [5.41, 5.74) is -0.825. The summed E-state index contributed by atoms with van der Waals surface area (Å²) in [7, 11) is -3.26. The van der Waals surface area contributed by atoms with Gasteiger partial charge in [0.2, 0.25) is 10.0 Å². The first-order valence-corrected chi connectivity index (χ1v) is 7.42. The summed E-state index contributed by atoms with van der Waals surface area (Å²) in [5, 5.41) is 9.93. The van der Waals surface area contributed by atoms with Crippen molar-refractivity contribution in [2.45, 2.75) is 37.7 Å². The summed E-state index contributed by atoms with van der Waals surface area (Å²) >= 11 is 5.42. The van der Waals surface area contributed by atoms with Crippen LogP contribution in [-0.2, 0) is 10.0 Å². The molecule has 0 heterocycles. The molecule has 1 rings (SSSR count). The Morgan fingerprint density at radius 2 is 1.93 bits per heavy atom. The van der Waals surface area contributed by atoms with E-state index in [-0.39, 0.29) is 12.3 Å². The summed E-state index contributed by atoms with van der Waals surface area (Å²) in [6, 6.07) is 0. The molecule has 4 nitrogen and oxygen atoms in total. The monoisotopic (exact) mass is 255 g/mol. The lowest BCUT2D eigenvalue weighted by Crippen LogP contribution is -2.41. The maximum Gasteiger partial charge on any atom is 0.211 e. The van der Waals surface area contributed by atoms with Gasteiger partial charge in [0.1, 0.15) is 0 Å². The molecule has 0 spiro atoms. The molecule has 0 unspecified atom stereocenters. The van der Waals surface area contributed by atoms with E-state index in [9.17, 15) is 13.5 Å². The highest BCUT2D eigenvalue weighted by Crippen LogP contribution is 2.28. The SMILES string of the molecule is O=S(=O)(CCCCl)NCC1(O)CCCC1. The number of halogens is 1. The van der Waals surface area contributed by atoms with Crippen LogP contribution in [0.15, 0.2) is 0 Å². The molecule has 1 fully saturated rings. The van der Waals surface area contributed by atoms with Gasteiger partial charge in [-0.15, -0.1) is 11.6 Å². The number of aliphatic hydroxyl groups is 1. The van der Waals surface area contributed by atoms with Crippen LogP contribution in [0.5, 0.6) is 0 Å². The molecule has 2 N–H and O–H groups in total. The van der Waals surface area contributed by atoms with Crippen molar-refractivity contribution in [3.8, 4) is 0 Å². The van der Waals surface area contributed by atoms with Crippen molar-refractivity contribution >= 4 is 21.6 Å². The molecule has 90 valence electrons. The number of hydrogen-bond donors (Lipinski definition) is 2. The van der Waals surface area contributed by atoms with Crippen molar-refractivity contribution in [1.29, 1.82) is 0 Å². The molecule has 6 heteroatoms. The number of alkyl halides is 1. The Morgan fingerprint density at radius 3 is 2.47 bits per heavy atom. The van der Waals surface area contributed by atoms with Gasteiger partial charge in [0.05, 0.1) is 11.4 Å². The average molecular weight is 256 g/mol. The lowest BCUT2D eigenvalue weighted by atomic mass is 10.0. The molecule has 15 heavy (non-hydrogen) atoms. The predicted octanol–water partition coefficient (Wildman–Crippen LogP) is 0.840. The van der Waals surface area contributed by atoms with Crippen LogP contribution in [0, 0.1) is 0 Å². The van der Waals surface area contributed by atoms with Gasteiger partial charge in [-0.25, -0.2) is 13.1 Å². The molecule has 0 aromatic carbocycles. The van der Waals surface area contributed by atoms with Crippen LogP contribution in [0.4, 0.5) is 0 Å². The Kier molecular flexibility index (Phi) is 4.83. The third kappa shape index (κ3) is 4.68. The van der Waals surface area contributed by atoms with Crippen LogP contribution in [-0.4, -0.2) is 37.3 Å². The van der Waals surface area contributed by atoms with Crippen molar-refractivity contribution in [3.63, 3.8) is 0 Å². The van der Waals surface area contributed by atoms with Gasteiger partial charge in [0.15, 0.2) is 0 Å². The molecule has 0 radical (unpaired) electrons. The average Bonchev–Trinajstić information content (AvgIpc) is 2.61. The van der Waals surface area contributed by atoms with E-state index in [1.807, 2.05) is 0 Å². The van der Waals surface area contributed by atoms with Crippen molar-refractivity contribution in [2.24, 2.45) is 0 Å². The van der Waals surface area contributed by atoms with Crippen LogP contribution in [0.25, 0.3) is 0 Å². The quantitative estimate of drug-likeness (QED) is 0.692. The zero-order chi connectivity index (χ0) is 11.4. The second-order valence-electron chi connectivity index (χ2n) is 4.11. The lowest BCUT2D eigenvalue weighted by Gasteiger charge is -2.22. The molecular weight excluding hydrogens is 238 g/mol. The van der Waals surface area contributed by atoms with Gasteiger partial charge in [-0.3, -0.25) is 0 Å². The smallest absolute Gasteiger partial charge is 0.211 e. The van der Waals surface area contributed by atoms with E-state index in [0.29, 0.717) is 25.1 Å². The Bertz CT molecular complexity index is 286. The Morgan fingerprint density at radius 1 is 1.33 bits per heavy atom. The maximum absolute atomic E-state index is 11.4. The third-order valence-electron chi connectivity index (χ3n) is 2.70. The van der Waals surface area contributed by atoms with Gasteiger partial charge in [-0.05, 0) is 19.3 Å². The van der Waals surface area contributed by atoms with E-state index in [1.54, 1.807) is 0 Å². The summed E-state index contributed by atoms with van der Waals surface area (Å²) in [5.74, 6) is 0.373. The summed E-state index contributed by atoms with van der Waals surface area (Å²) in [6.45, 7) is 0.137. The van der Waals surface area contributed by atoms with Crippen LogP contribution in [0.3, 0.4) is 0 Å². The van der Waals surface area contributed by atoms with Gasteiger partial charge in [-0.1, -0.05) is 12.8 Å². The Balaban J connectivity index is 2.35. The molecular formula is C9H18ClNO3S. The van der Waals surface area contributed by atoms with Crippen molar-refractivity contribution in [2.75, 3.05) is 18.2 Å². The van der Waals surface area contributed by atoms with E-state index in [1.165, 1.54) is 0 Å². The lowest BCUT2D eigenvalue weighted by molar-refractivity contribution is 0.0532. The molecule has 1 saturated carbocycles. The van der Waals surface area contributed by atoms with Crippen LogP contribution >= 0.6 is 11.6 Å². The van der Waals surface area contributed by atoms with Crippen molar-refractivity contribution in [3.05, 3.63) is 0 Å². The first kappa shape index (κ1) is 13.2. The van der Waals surface area contributed by atoms with Gasteiger partial charge in [-0.2, -0.15) is 0 Å². The van der Waals surface area contributed by atoms with E-state index >= 15 is 0 Å². The second-order valence-corrected chi connectivity index (χ2v) is 6.42. The topological polar surface area (TPSA) is 66.4 Å². The summed E-state index contributed by atoms with van der Waals surface area (Å²) < 4.78 is 25.3. The van der Waals surface area contributed by atoms with Crippen LogP contribution < -0.4 is 4.72 Å². The summed E-state index contributed by atoms with van der Waals surface area (Å²) in [4.78, 5) is 0. The first-order valence-electron chi connectivity index (χ1n) is 5.23. The second kappa shape index (κ2) is 5.48. The van der Waals surface area contributed by atoms with E-state index in [4.69, 9.17) is 11.6 Å². The molecule has 0 saturated heterocycles. The van der Waals surface area contributed by atoms with Gasteiger partial charge >= 0.3 is 0 Å². The molecule has 0 aliphatic heterocycles. The highest BCUT2D eigenvalue weighted by Gasteiger charge is 2.31. The molecule has 0 amide bonds.